The summed E-state index contributed by atoms with van der Waals surface area (Å²) in [4.78, 5) is 25.1. The van der Waals surface area contributed by atoms with Gasteiger partial charge in [-0.2, -0.15) is 0 Å². The molecule has 0 radical (unpaired) electrons. The number of carbonyl (C=O) groups excluding carboxylic acids is 1. The topological polar surface area (TPSA) is 66.4 Å². The van der Waals surface area contributed by atoms with Crippen LogP contribution in [0, 0.1) is 19.3 Å². The second kappa shape index (κ2) is 5.74. The van der Waals surface area contributed by atoms with E-state index in [-0.39, 0.29) is 17.7 Å². The Morgan fingerprint density at radius 3 is 2.32 bits per heavy atom. The molecule has 4 nitrogen and oxygen atoms in total. The Morgan fingerprint density at radius 1 is 1.37 bits per heavy atom. The van der Waals surface area contributed by atoms with E-state index in [9.17, 15) is 9.59 Å². The molecule has 0 aliphatic rings. The monoisotopic (exact) mass is 283 g/mol. The van der Waals surface area contributed by atoms with Gasteiger partial charge in [-0.25, -0.2) is 0 Å². The van der Waals surface area contributed by atoms with Crippen LogP contribution in [0.2, 0.25) is 0 Å². The third kappa shape index (κ3) is 4.35. The second-order valence-corrected chi connectivity index (χ2v) is 7.28. The third-order valence-electron chi connectivity index (χ3n) is 3.02. The molecule has 1 rings (SSSR count). The standard InChI is InChI=1S/C14H21NO3S/c1-8-6-10(9(2)19-8)13(18)15-11(7-12(16)17)14(3,4)5/h6,11H,7H2,1-5H3,(H,15,18)(H,16,17). The van der Waals surface area contributed by atoms with Gasteiger partial charge in [-0.1, -0.05) is 20.8 Å². The van der Waals surface area contributed by atoms with Crippen molar-refractivity contribution in [2.45, 2.75) is 47.1 Å². The summed E-state index contributed by atoms with van der Waals surface area (Å²) in [6.45, 7) is 9.62. The Kier molecular flexibility index (Phi) is 4.74. The predicted octanol–water partition coefficient (Wildman–Crippen LogP) is 2.98. The van der Waals surface area contributed by atoms with E-state index in [1.807, 2.05) is 40.7 Å². The van der Waals surface area contributed by atoms with Crippen molar-refractivity contribution in [2.24, 2.45) is 5.41 Å². The molecule has 0 spiro atoms. The van der Waals surface area contributed by atoms with Crippen LogP contribution in [0.1, 0.15) is 47.3 Å². The normalized spacial score (nSPS) is 13.1. The molecule has 1 amide bonds. The number of thiophene rings is 1. The van der Waals surface area contributed by atoms with E-state index in [1.54, 1.807) is 11.3 Å². The van der Waals surface area contributed by atoms with Crippen molar-refractivity contribution in [3.05, 3.63) is 21.4 Å². The third-order valence-corrected chi connectivity index (χ3v) is 3.98. The van der Waals surface area contributed by atoms with Gasteiger partial charge in [0.25, 0.3) is 5.91 Å². The highest BCUT2D eigenvalue weighted by Crippen LogP contribution is 2.24. The fourth-order valence-corrected chi connectivity index (χ4v) is 2.76. The van der Waals surface area contributed by atoms with E-state index >= 15 is 0 Å². The number of aryl methyl sites for hydroxylation is 2. The van der Waals surface area contributed by atoms with Crippen molar-refractivity contribution in [3.63, 3.8) is 0 Å². The van der Waals surface area contributed by atoms with Gasteiger partial charge in [0.1, 0.15) is 0 Å². The number of nitrogens with one attached hydrogen (secondary N) is 1. The van der Waals surface area contributed by atoms with Crippen LogP contribution in [0.25, 0.3) is 0 Å². The highest BCUT2D eigenvalue weighted by molar-refractivity contribution is 7.12. The molecule has 0 aliphatic heterocycles. The first kappa shape index (κ1) is 15.7. The Labute approximate surface area is 117 Å². The molecule has 0 aromatic carbocycles. The maximum Gasteiger partial charge on any atom is 0.305 e. The average molecular weight is 283 g/mol. The molecular formula is C14H21NO3S. The number of hydrogen-bond acceptors (Lipinski definition) is 3. The number of carboxylic acids is 1. The molecule has 1 heterocycles. The first-order valence-electron chi connectivity index (χ1n) is 6.21. The molecule has 1 unspecified atom stereocenters. The van der Waals surface area contributed by atoms with Gasteiger partial charge in [-0.15, -0.1) is 11.3 Å². The summed E-state index contributed by atoms with van der Waals surface area (Å²) < 4.78 is 0. The summed E-state index contributed by atoms with van der Waals surface area (Å²) in [5.74, 6) is -1.10. The number of aliphatic carboxylic acids is 1. The minimum atomic E-state index is -0.904. The van der Waals surface area contributed by atoms with Crippen LogP contribution in [-0.2, 0) is 4.79 Å². The molecule has 0 saturated heterocycles. The van der Waals surface area contributed by atoms with Crippen molar-refractivity contribution in [1.82, 2.24) is 5.32 Å². The molecule has 1 aromatic heterocycles. The van der Waals surface area contributed by atoms with Gasteiger partial charge in [0.2, 0.25) is 0 Å². The lowest BCUT2D eigenvalue weighted by Crippen LogP contribution is -2.45. The van der Waals surface area contributed by atoms with Crippen molar-refractivity contribution in [3.8, 4) is 0 Å². The highest BCUT2D eigenvalue weighted by atomic mass is 32.1. The van der Waals surface area contributed by atoms with Crippen molar-refractivity contribution in [1.29, 1.82) is 0 Å². The molecule has 5 heteroatoms. The zero-order valence-corrected chi connectivity index (χ0v) is 12.9. The molecule has 2 N–H and O–H groups in total. The lowest BCUT2D eigenvalue weighted by Gasteiger charge is -2.30. The van der Waals surface area contributed by atoms with Crippen LogP contribution in [0.4, 0.5) is 0 Å². The maximum absolute atomic E-state index is 12.2. The molecule has 0 saturated carbocycles. The first-order valence-corrected chi connectivity index (χ1v) is 7.02. The first-order chi connectivity index (χ1) is 8.61. The van der Waals surface area contributed by atoms with Crippen LogP contribution >= 0.6 is 11.3 Å². The van der Waals surface area contributed by atoms with Crippen LogP contribution < -0.4 is 5.32 Å². The lowest BCUT2D eigenvalue weighted by atomic mass is 9.84. The van der Waals surface area contributed by atoms with Crippen molar-refractivity contribution < 1.29 is 14.7 Å². The second-order valence-electron chi connectivity index (χ2n) is 5.82. The number of amides is 1. The van der Waals surface area contributed by atoms with Gasteiger partial charge in [-0.05, 0) is 25.3 Å². The summed E-state index contributed by atoms with van der Waals surface area (Å²) >= 11 is 1.57. The largest absolute Gasteiger partial charge is 0.481 e. The number of rotatable bonds is 4. The zero-order valence-electron chi connectivity index (χ0n) is 12.0. The molecule has 1 atom stereocenters. The van der Waals surface area contributed by atoms with Gasteiger partial charge in [0, 0.05) is 15.8 Å². The van der Waals surface area contributed by atoms with Crippen molar-refractivity contribution >= 4 is 23.2 Å². The highest BCUT2D eigenvalue weighted by Gasteiger charge is 2.29. The summed E-state index contributed by atoms with van der Waals surface area (Å²) in [5.41, 5.74) is 0.342. The number of carboxylic acid groups (broad SMARTS) is 1. The van der Waals surface area contributed by atoms with E-state index in [4.69, 9.17) is 5.11 Å². The van der Waals surface area contributed by atoms with Gasteiger partial charge in [0.15, 0.2) is 0 Å². The van der Waals surface area contributed by atoms with E-state index in [1.165, 1.54) is 0 Å². The Hall–Kier alpha value is -1.36. The molecule has 0 aliphatic carbocycles. The molecule has 0 bridgehead atoms. The molecule has 1 aromatic rings. The fraction of sp³-hybridized carbons (Fsp3) is 0.571. The summed E-state index contributed by atoms with van der Waals surface area (Å²) in [7, 11) is 0. The van der Waals surface area contributed by atoms with Crippen LogP contribution in [0.3, 0.4) is 0 Å². The molecule has 0 fully saturated rings. The minimum Gasteiger partial charge on any atom is -0.481 e. The Morgan fingerprint density at radius 2 is 1.95 bits per heavy atom. The smallest absolute Gasteiger partial charge is 0.305 e. The van der Waals surface area contributed by atoms with Gasteiger partial charge in [0.05, 0.1) is 12.0 Å². The summed E-state index contributed by atoms with van der Waals surface area (Å²) in [6, 6.07) is 1.45. The van der Waals surface area contributed by atoms with Crippen LogP contribution in [-0.4, -0.2) is 23.0 Å². The quantitative estimate of drug-likeness (QED) is 0.892. The molecule has 106 valence electrons. The van der Waals surface area contributed by atoms with Crippen molar-refractivity contribution in [2.75, 3.05) is 0 Å². The van der Waals surface area contributed by atoms with Gasteiger partial charge >= 0.3 is 5.97 Å². The SMILES string of the molecule is Cc1cc(C(=O)NC(CC(=O)O)C(C)(C)C)c(C)s1. The van der Waals surface area contributed by atoms with Crippen LogP contribution in [0.15, 0.2) is 6.07 Å². The number of hydrogen-bond donors (Lipinski definition) is 2. The van der Waals surface area contributed by atoms with Crippen LogP contribution in [0.5, 0.6) is 0 Å². The minimum absolute atomic E-state index is 0.0720. The van der Waals surface area contributed by atoms with E-state index in [2.05, 4.69) is 5.32 Å². The molecule has 19 heavy (non-hydrogen) atoms. The summed E-state index contributed by atoms with van der Waals surface area (Å²) in [5, 5.41) is 11.8. The van der Waals surface area contributed by atoms with Gasteiger partial charge in [-0.3, -0.25) is 9.59 Å². The van der Waals surface area contributed by atoms with E-state index in [0.717, 1.165) is 9.75 Å². The Balaban J connectivity index is 2.88. The van der Waals surface area contributed by atoms with E-state index in [0.29, 0.717) is 5.56 Å². The summed E-state index contributed by atoms with van der Waals surface area (Å²) in [6.07, 6.45) is -0.0720. The fourth-order valence-electron chi connectivity index (χ4n) is 1.84. The number of carbonyl (C=O) groups is 2. The maximum atomic E-state index is 12.2. The molecular weight excluding hydrogens is 262 g/mol. The van der Waals surface area contributed by atoms with E-state index < -0.39 is 12.0 Å². The lowest BCUT2D eigenvalue weighted by molar-refractivity contribution is -0.138. The van der Waals surface area contributed by atoms with Gasteiger partial charge < -0.3 is 10.4 Å². The Bertz CT molecular complexity index is 485. The zero-order chi connectivity index (χ0) is 14.8. The average Bonchev–Trinajstić information content (AvgIpc) is 2.54. The predicted molar refractivity (Wildman–Crippen MR) is 76.8 cm³/mol.